The minimum absolute atomic E-state index is 0.708. The van der Waals surface area contributed by atoms with Crippen LogP contribution in [0.4, 0.5) is 0 Å². The van der Waals surface area contributed by atoms with Crippen molar-refractivity contribution in [2.45, 2.75) is 52.7 Å². The molecule has 106 valence electrons. The summed E-state index contributed by atoms with van der Waals surface area (Å²) in [6.07, 6.45) is 2.66. The first-order chi connectivity index (χ1) is 9.17. The summed E-state index contributed by atoms with van der Waals surface area (Å²) in [5, 5.41) is 3.52. The Morgan fingerprint density at radius 1 is 1.32 bits per heavy atom. The Hall–Kier alpha value is -0.930. The fraction of sp³-hybridized carbons (Fsp3) is 0.688. The molecule has 2 rings (SSSR count). The lowest BCUT2D eigenvalue weighted by atomic mass is 10.2. The molecule has 0 unspecified atom stereocenters. The Morgan fingerprint density at radius 3 is 2.68 bits per heavy atom. The van der Waals surface area contributed by atoms with E-state index in [9.17, 15) is 0 Å². The van der Waals surface area contributed by atoms with Gasteiger partial charge in [-0.1, -0.05) is 26.8 Å². The smallest absolute Gasteiger partial charge is 0.0547 e. The van der Waals surface area contributed by atoms with Gasteiger partial charge in [-0.05, 0) is 37.4 Å². The predicted octanol–water partition coefficient (Wildman–Crippen LogP) is 2.81. The van der Waals surface area contributed by atoms with Gasteiger partial charge in [0.05, 0.1) is 11.4 Å². The minimum Gasteiger partial charge on any atom is -0.308 e. The Morgan fingerprint density at radius 2 is 2.05 bits per heavy atom. The monoisotopic (exact) mass is 261 g/mol. The Balaban J connectivity index is 1.88. The number of hydrogen-bond donors (Lipinski definition) is 1. The van der Waals surface area contributed by atoms with Crippen molar-refractivity contribution in [2.24, 2.45) is 5.92 Å². The van der Waals surface area contributed by atoms with E-state index in [-0.39, 0.29) is 0 Å². The zero-order valence-corrected chi connectivity index (χ0v) is 12.5. The van der Waals surface area contributed by atoms with Gasteiger partial charge in [-0.2, -0.15) is 0 Å². The van der Waals surface area contributed by atoms with Crippen LogP contribution in [0.1, 0.15) is 45.0 Å². The van der Waals surface area contributed by atoms with Crippen molar-refractivity contribution in [3.63, 3.8) is 0 Å². The van der Waals surface area contributed by atoms with Gasteiger partial charge in [0.2, 0.25) is 0 Å². The molecule has 3 nitrogen and oxygen atoms in total. The third-order valence-electron chi connectivity index (χ3n) is 3.47. The van der Waals surface area contributed by atoms with Gasteiger partial charge in [0, 0.05) is 25.7 Å². The molecular formula is C16H27N3. The zero-order valence-electron chi connectivity index (χ0n) is 12.5. The van der Waals surface area contributed by atoms with Crippen molar-refractivity contribution < 1.29 is 0 Å². The van der Waals surface area contributed by atoms with E-state index >= 15 is 0 Å². The lowest BCUT2D eigenvalue weighted by molar-refractivity contribution is 0.245. The van der Waals surface area contributed by atoms with E-state index in [1.165, 1.54) is 24.2 Å². The van der Waals surface area contributed by atoms with Crippen LogP contribution in [0.3, 0.4) is 0 Å². The Kier molecular flexibility index (Phi) is 5.34. The molecule has 3 heteroatoms. The molecular weight excluding hydrogens is 234 g/mol. The van der Waals surface area contributed by atoms with Gasteiger partial charge in [-0.15, -0.1) is 0 Å². The summed E-state index contributed by atoms with van der Waals surface area (Å²) >= 11 is 0. The van der Waals surface area contributed by atoms with Crippen molar-refractivity contribution in [3.05, 3.63) is 29.6 Å². The maximum absolute atomic E-state index is 4.76. The Bertz CT molecular complexity index is 385. The van der Waals surface area contributed by atoms with Crippen LogP contribution in [-0.4, -0.2) is 29.0 Å². The van der Waals surface area contributed by atoms with Crippen molar-refractivity contribution in [1.82, 2.24) is 15.2 Å². The molecule has 0 aliphatic heterocycles. The molecule has 1 N–H and O–H groups in total. The molecule has 1 heterocycles. The van der Waals surface area contributed by atoms with Crippen LogP contribution in [0.2, 0.25) is 0 Å². The number of hydrogen-bond acceptors (Lipinski definition) is 3. The summed E-state index contributed by atoms with van der Waals surface area (Å²) in [6.45, 7) is 10.9. The van der Waals surface area contributed by atoms with Crippen molar-refractivity contribution in [1.29, 1.82) is 0 Å². The van der Waals surface area contributed by atoms with Crippen LogP contribution in [0, 0.1) is 5.92 Å². The first kappa shape index (κ1) is 14.5. The molecule has 1 aliphatic carbocycles. The topological polar surface area (TPSA) is 28.2 Å². The van der Waals surface area contributed by atoms with E-state index in [4.69, 9.17) is 4.98 Å². The van der Waals surface area contributed by atoms with Gasteiger partial charge in [0.25, 0.3) is 0 Å². The SMILES string of the molecule is CCN(Cc1cccc(CNC2CC2)n1)CC(C)C. The quantitative estimate of drug-likeness (QED) is 0.780. The second-order valence-corrected chi connectivity index (χ2v) is 6.00. The van der Waals surface area contributed by atoms with Gasteiger partial charge >= 0.3 is 0 Å². The van der Waals surface area contributed by atoms with Crippen LogP contribution < -0.4 is 5.32 Å². The van der Waals surface area contributed by atoms with Crippen molar-refractivity contribution in [3.8, 4) is 0 Å². The average Bonchev–Trinajstić information content (AvgIpc) is 3.19. The Labute approximate surface area is 117 Å². The molecule has 0 saturated heterocycles. The summed E-state index contributed by atoms with van der Waals surface area (Å²) in [6, 6.07) is 7.15. The molecule has 0 amide bonds. The molecule has 0 bridgehead atoms. The third kappa shape index (κ3) is 5.29. The van der Waals surface area contributed by atoms with E-state index in [0.717, 1.165) is 32.2 Å². The highest BCUT2D eigenvalue weighted by atomic mass is 15.1. The van der Waals surface area contributed by atoms with E-state index in [1.807, 2.05) is 0 Å². The molecule has 0 spiro atoms. The van der Waals surface area contributed by atoms with Crippen LogP contribution in [0.15, 0.2) is 18.2 Å². The van der Waals surface area contributed by atoms with Crippen molar-refractivity contribution >= 4 is 0 Å². The third-order valence-corrected chi connectivity index (χ3v) is 3.47. The summed E-state index contributed by atoms with van der Waals surface area (Å²) < 4.78 is 0. The van der Waals surface area contributed by atoms with Crippen molar-refractivity contribution in [2.75, 3.05) is 13.1 Å². The molecule has 0 aromatic carbocycles. The number of aromatic nitrogens is 1. The lowest BCUT2D eigenvalue weighted by Gasteiger charge is -2.22. The van der Waals surface area contributed by atoms with E-state index < -0.39 is 0 Å². The molecule has 0 atom stereocenters. The van der Waals surface area contributed by atoms with Crippen LogP contribution >= 0.6 is 0 Å². The van der Waals surface area contributed by atoms with Crippen LogP contribution in [0.5, 0.6) is 0 Å². The summed E-state index contributed by atoms with van der Waals surface area (Å²) in [7, 11) is 0. The zero-order chi connectivity index (χ0) is 13.7. The largest absolute Gasteiger partial charge is 0.308 e. The number of pyridine rings is 1. The van der Waals surface area contributed by atoms with Gasteiger partial charge in [-0.25, -0.2) is 0 Å². The highest BCUT2D eigenvalue weighted by Crippen LogP contribution is 2.19. The molecule has 1 aromatic heterocycles. The fourth-order valence-corrected chi connectivity index (χ4v) is 2.30. The number of nitrogens with one attached hydrogen (secondary N) is 1. The minimum atomic E-state index is 0.708. The molecule has 19 heavy (non-hydrogen) atoms. The van der Waals surface area contributed by atoms with Crippen LogP contribution in [0.25, 0.3) is 0 Å². The second kappa shape index (κ2) is 7.01. The lowest BCUT2D eigenvalue weighted by Crippen LogP contribution is -2.27. The van der Waals surface area contributed by atoms with Gasteiger partial charge in [0.1, 0.15) is 0 Å². The molecule has 0 radical (unpaired) electrons. The summed E-state index contributed by atoms with van der Waals surface area (Å²) in [5.41, 5.74) is 2.36. The fourth-order valence-electron chi connectivity index (χ4n) is 2.30. The summed E-state index contributed by atoms with van der Waals surface area (Å²) in [5.74, 6) is 0.708. The number of rotatable bonds is 8. The molecule has 1 aromatic rings. The normalized spacial score (nSPS) is 15.4. The first-order valence-electron chi connectivity index (χ1n) is 7.58. The standard InChI is InChI=1S/C16H27N3/c1-4-19(11-13(2)3)12-16-7-5-6-15(18-16)10-17-14-8-9-14/h5-7,13-14,17H,4,8-12H2,1-3H3. The second-order valence-electron chi connectivity index (χ2n) is 6.00. The van der Waals surface area contributed by atoms with Gasteiger partial charge < -0.3 is 5.32 Å². The average molecular weight is 261 g/mol. The molecule has 1 saturated carbocycles. The molecule has 1 fully saturated rings. The summed E-state index contributed by atoms with van der Waals surface area (Å²) in [4.78, 5) is 7.23. The highest BCUT2D eigenvalue weighted by Gasteiger charge is 2.20. The van der Waals surface area contributed by atoms with E-state index in [0.29, 0.717) is 5.92 Å². The van der Waals surface area contributed by atoms with E-state index in [2.05, 4.69) is 49.2 Å². The van der Waals surface area contributed by atoms with Gasteiger partial charge in [-0.3, -0.25) is 9.88 Å². The number of nitrogens with zero attached hydrogens (tertiary/aromatic N) is 2. The van der Waals surface area contributed by atoms with Gasteiger partial charge in [0.15, 0.2) is 0 Å². The van der Waals surface area contributed by atoms with Crippen LogP contribution in [-0.2, 0) is 13.1 Å². The first-order valence-corrected chi connectivity index (χ1v) is 7.58. The van der Waals surface area contributed by atoms with E-state index in [1.54, 1.807) is 0 Å². The maximum Gasteiger partial charge on any atom is 0.0547 e. The molecule has 1 aliphatic rings. The maximum atomic E-state index is 4.76. The predicted molar refractivity (Wildman–Crippen MR) is 79.9 cm³/mol. The highest BCUT2D eigenvalue weighted by molar-refractivity contribution is 5.11.